The number of hydrogen-bond donors (Lipinski definition) is 1. The first-order valence-corrected chi connectivity index (χ1v) is 4.91. The second-order valence-corrected chi connectivity index (χ2v) is 4.26. The van der Waals surface area contributed by atoms with E-state index in [4.69, 9.17) is 9.47 Å². The Balaban J connectivity index is 2.69. The quantitative estimate of drug-likeness (QED) is 0.695. The molecular weight excluding hydrogens is 184 g/mol. The van der Waals surface area contributed by atoms with Crippen LogP contribution in [-0.4, -0.2) is 29.6 Å². The van der Waals surface area contributed by atoms with Crippen molar-refractivity contribution in [1.82, 2.24) is 0 Å². The fourth-order valence-electron chi connectivity index (χ4n) is 1.59. The Morgan fingerprint density at radius 1 is 1.71 bits per heavy atom. The Kier molecular flexibility index (Phi) is 2.88. The molecular formula is C10H18O4. The SMILES string of the molecule is CCOC(=O)C(C)(C)C1(O)CC(C)O1. The molecule has 4 nitrogen and oxygen atoms in total. The third kappa shape index (κ3) is 1.64. The van der Waals surface area contributed by atoms with Gasteiger partial charge in [-0.05, 0) is 27.7 Å². The highest BCUT2D eigenvalue weighted by Crippen LogP contribution is 2.44. The summed E-state index contributed by atoms with van der Waals surface area (Å²) >= 11 is 0. The smallest absolute Gasteiger partial charge is 0.316 e. The fraction of sp³-hybridized carbons (Fsp3) is 0.900. The molecule has 1 saturated heterocycles. The van der Waals surface area contributed by atoms with Crippen molar-refractivity contribution in [2.75, 3.05) is 6.61 Å². The van der Waals surface area contributed by atoms with Gasteiger partial charge in [0.1, 0.15) is 5.41 Å². The van der Waals surface area contributed by atoms with E-state index in [1.165, 1.54) is 0 Å². The lowest BCUT2D eigenvalue weighted by Gasteiger charge is -2.50. The van der Waals surface area contributed by atoms with E-state index in [-0.39, 0.29) is 6.10 Å². The molecule has 2 unspecified atom stereocenters. The van der Waals surface area contributed by atoms with Gasteiger partial charge in [0.2, 0.25) is 0 Å². The fourth-order valence-corrected chi connectivity index (χ4v) is 1.59. The number of rotatable bonds is 3. The van der Waals surface area contributed by atoms with E-state index in [2.05, 4.69) is 0 Å². The van der Waals surface area contributed by atoms with Crippen molar-refractivity contribution in [3.05, 3.63) is 0 Å². The normalized spacial score (nSPS) is 32.2. The molecule has 82 valence electrons. The molecule has 0 aromatic rings. The number of hydrogen-bond acceptors (Lipinski definition) is 4. The molecule has 1 aliphatic heterocycles. The molecule has 14 heavy (non-hydrogen) atoms. The Labute approximate surface area is 84.2 Å². The van der Waals surface area contributed by atoms with Crippen LogP contribution in [0.3, 0.4) is 0 Å². The maximum Gasteiger partial charge on any atom is 0.316 e. The Morgan fingerprint density at radius 2 is 2.21 bits per heavy atom. The molecule has 1 heterocycles. The molecule has 1 rings (SSSR count). The summed E-state index contributed by atoms with van der Waals surface area (Å²) < 4.78 is 10.1. The summed E-state index contributed by atoms with van der Waals surface area (Å²) in [6, 6.07) is 0. The van der Waals surface area contributed by atoms with Crippen molar-refractivity contribution >= 4 is 5.97 Å². The molecule has 0 bridgehead atoms. The van der Waals surface area contributed by atoms with Crippen LogP contribution in [0, 0.1) is 5.41 Å². The minimum absolute atomic E-state index is 0.00806. The van der Waals surface area contributed by atoms with Gasteiger partial charge in [-0.15, -0.1) is 0 Å². The Morgan fingerprint density at radius 3 is 2.57 bits per heavy atom. The molecule has 0 aromatic carbocycles. The molecule has 0 aliphatic carbocycles. The van der Waals surface area contributed by atoms with Crippen LogP contribution in [0.15, 0.2) is 0 Å². The van der Waals surface area contributed by atoms with Gasteiger partial charge in [0.05, 0.1) is 12.7 Å². The van der Waals surface area contributed by atoms with Crippen molar-refractivity contribution in [2.45, 2.75) is 46.0 Å². The number of carbonyl (C=O) groups is 1. The lowest BCUT2D eigenvalue weighted by Crippen LogP contribution is -2.61. The number of aliphatic hydroxyl groups is 1. The van der Waals surface area contributed by atoms with Crippen molar-refractivity contribution in [3.63, 3.8) is 0 Å². The van der Waals surface area contributed by atoms with Gasteiger partial charge in [0, 0.05) is 6.42 Å². The van der Waals surface area contributed by atoms with Crippen LogP contribution in [0.2, 0.25) is 0 Å². The number of ether oxygens (including phenoxy) is 2. The molecule has 0 saturated carbocycles. The summed E-state index contributed by atoms with van der Waals surface area (Å²) in [4.78, 5) is 11.5. The summed E-state index contributed by atoms with van der Waals surface area (Å²) in [5.74, 6) is -1.78. The zero-order valence-corrected chi connectivity index (χ0v) is 9.16. The van der Waals surface area contributed by atoms with E-state index in [0.29, 0.717) is 13.0 Å². The second-order valence-electron chi connectivity index (χ2n) is 4.26. The lowest BCUT2D eigenvalue weighted by atomic mass is 9.77. The highest BCUT2D eigenvalue weighted by Gasteiger charge is 2.57. The molecule has 0 radical (unpaired) electrons. The maximum atomic E-state index is 11.5. The molecule has 4 heteroatoms. The second kappa shape index (κ2) is 3.51. The van der Waals surface area contributed by atoms with E-state index < -0.39 is 17.2 Å². The Hall–Kier alpha value is -0.610. The third-order valence-corrected chi connectivity index (χ3v) is 2.72. The lowest BCUT2D eigenvalue weighted by molar-refractivity contribution is -0.358. The summed E-state index contributed by atoms with van der Waals surface area (Å²) in [7, 11) is 0. The number of esters is 1. The average Bonchev–Trinajstić information content (AvgIpc) is 2.02. The monoisotopic (exact) mass is 202 g/mol. The van der Waals surface area contributed by atoms with Crippen LogP contribution in [0.1, 0.15) is 34.1 Å². The minimum atomic E-state index is -1.36. The molecule has 1 N–H and O–H groups in total. The van der Waals surface area contributed by atoms with Gasteiger partial charge in [-0.3, -0.25) is 4.79 Å². The van der Waals surface area contributed by atoms with Crippen molar-refractivity contribution in [3.8, 4) is 0 Å². The average molecular weight is 202 g/mol. The predicted molar refractivity (Wildman–Crippen MR) is 50.5 cm³/mol. The Bertz CT molecular complexity index is 228. The molecule has 0 spiro atoms. The summed E-state index contributed by atoms with van der Waals surface area (Å²) in [6.45, 7) is 7.18. The minimum Gasteiger partial charge on any atom is -0.465 e. The maximum absolute atomic E-state index is 11.5. The summed E-state index contributed by atoms with van der Waals surface area (Å²) in [6.07, 6.45) is 0.479. The standard InChI is InChI=1S/C10H18O4/c1-5-13-8(11)9(3,4)10(12)6-7(2)14-10/h7,12H,5-6H2,1-4H3. The van der Waals surface area contributed by atoms with Crippen LogP contribution >= 0.6 is 0 Å². The van der Waals surface area contributed by atoms with Gasteiger partial charge in [0.15, 0.2) is 5.79 Å². The van der Waals surface area contributed by atoms with Crippen molar-refractivity contribution < 1.29 is 19.4 Å². The van der Waals surface area contributed by atoms with Gasteiger partial charge in [0.25, 0.3) is 0 Å². The first kappa shape index (κ1) is 11.5. The first-order chi connectivity index (χ1) is 6.33. The van der Waals surface area contributed by atoms with E-state index in [9.17, 15) is 9.90 Å². The van der Waals surface area contributed by atoms with E-state index in [0.717, 1.165) is 0 Å². The predicted octanol–water partition coefficient (Wildman–Crippen LogP) is 1.07. The van der Waals surface area contributed by atoms with Gasteiger partial charge < -0.3 is 14.6 Å². The van der Waals surface area contributed by atoms with Crippen LogP contribution < -0.4 is 0 Å². The topological polar surface area (TPSA) is 55.8 Å². The highest BCUT2D eigenvalue weighted by molar-refractivity contribution is 5.77. The molecule has 2 atom stereocenters. The van der Waals surface area contributed by atoms with Gasteiger partial charge in [-0.25, -0.2) is 0 Å². The number of carbonyl (C=O) groups excluding carboxylic acids is 1. The highest BCUT2D eigenvalue weighted by atomic mass is 16.7. The van der Waals surface area contributed by atoms with Crippen molar-refractivity contribution in [2.24, 2.45) is 5.41 Å². The molecule has 1 aliphatic rings. The van der Waals surface area contributed by atoms with Crippen molar-refractivity contribution in [1.29, 1.82) is 0 Å². The van der Waals surface area contributed by atoms with E-state index in [1.807, 2.05) is 6.92 Å². The third-order valence-electron chi connectivity index (χ3n) is 2.72. The summed E-state index contributed by atoms with van der Waals surface area (Å²) in [5, 5.41) is 9.98. The van der Waals surface area contributed by atoms with Gasteiger partial charge >= 0.3 is 5.97 Å². The van der Waals surface area contributed by atoms with Crippen LogP contribution in [-0.2, 0) is 14.3 Å². The summed E-state index contributed by atoms with van der Waals surface area (Å²) in [5.41, 5.74) is -1.00. The zero-order valence-electron chi connectivity index (χ0n) is 9.16. The van der Waals surface area contributed by atoms with Gasteiger partial charge in [-0.2, -0.15) is 0 Å². The molecule has 0 amide bonds. The first-order valence-electron chi connectivity index (χ1n) is 4.91. The van der Waals surface area contributed by atoms with Crippen LogP contribution in [0.4, 0.5) is 0 Å². The zero-order chi connectivity index (χ0) is 11.0. The van der Waals surface area contributed by atoms with Crippen LogP contribution in [0.25, 0.3) is 0 Å². The van der Waals surface area contributed by atoms with E-state index >= 15 is 0 Å². The van der Waals surface area contributed by atoms with Crippen LogP contribution in [0.5, 0.6) is 0 Å². The van der Waals surface area contributed by atoms with E-state index in [1.54, 1.807) is 20.8 Å². The molecule has 1 fully saturated rings. The largest absolute Gasteiger partial charge is 0.465 e. The molecule has 0 aromatic heterocycles. The van der Waals surface area contributed by atoms with Gasteiger partial charge in [-0.1, -0.05) is 0 Å².